The SMILES string of the molecule is CCC(c1ccc(OC)cc1)N(C)c1ncnc2oc(C)nc12. The van der Waals surface area contributed by atoms with E-state index >= 15 is 0 Å². The van der Waals surface area contributed by atoms with Crippen LogP contribution in [0.5, 0.6) is 5.75 Å². The number of ether oxygens (including phenoxy) is 1. The first kappa shape index (κ1) is 15.3. The van der Waals surface area contributed by atoms with Gasteiger partial charge >= 0.3 is 0 Å². The fraction of sp³-hybridized carbons (Fsp3) is 0.353. The Hall–Kier alpha value is -2.63. The summed E-state index contributed by atoms with van der Waals surface area (Å²) in [6.45, 7) is 3.96. The van der Waals surface area contributed by atoms with Gasteiger partial charge in [0.15, 0.2) is 17.2 Å². The minimum Gasteiger partial charge on any atom is -0.497 e. The van der Waals surface area contributed by atoms with Crippen LogP contribution < -0.4 is 9.64 Å². The topological polar surface area (TPSA) is 64.3 Å². The molecule has 1 unspecified atom stereocenters. The summed E-state index contributed by atoms with van der Waals surface area (Å²) in [6.07, 6.45) is 2.45. The molecule has 0 amide bonds. The fourth-order valence-electron chi connectivity index (χ4n) is 2.81. The van der Waals surface area contributed by atoms with Gasteiger partial charge < -0.3 is 14.1 Å². The molecular formula is C17H20N4O2. The van der Waals surface area contributed by atoms with E-state index in [1.807, 2.05) is 26.1 Å². The number of nitrogens with zero attached hydrogens (tertiary/aromatic N) is 4. The van der Waals surface area contributed by atoms with Gasteiger partial charge in [-0.3, -0.25) is 0 Å². The van der Waals surface area contributed by atoms with Gasteiger partial charge in [-0.15, -0.1) is 0 Å². The van der Waals surface area contributed by atoms with Crippen molar-refractivity contribution in [3.05, 3.63) is 42.0 Å². The minimum absolute atomic E-state index is 0.177. The lowest BCUT2D eigenvalue weighted by Crippen LogP contribution is -2.25. The van der Waals surface area contributed by atoms with Gasteiger partial charge in [0.25, 0.3) is 5.71 Å². The van der Waals surface area contributed by atoms with Crippen molar-refractivity contribution in [2.24, 2.45) is 0 Å². The summed E-state index contributed by atoms with van der Waals surface area (Å²) in [7, 11) is 3.69. The minimum atomic E-state index is 0.177. The van der Waals surface area contributed by atoms with Crippen molar-refractivity contribution in [3.8, 4) is 5.75 Å². The predicted octanol–water partition coefficient (Wildman–Crippen LogP) is 3.52. The highest BCUT2D eigenvalue weighted by atomic mass is 16.5. The molecule has 0 spiro atoms. The molecule has 0 aliphatic heterocycles. The monoisotopic (exact) mass is 312 g/mol. The van der Waals surface area contributed by atoms with Gasteiger partial charge in [-0.2, -0.15) is 4.98 Å². The largest absolute Gasteiger partial charge is 0.497 e. The maximum Gasteiger partial charge on any atom is 0.252 e. The number of anilines is 1. The maximum absolute atomic E-state index is 5.50. The van der Waals surface area contributed by atoms with Crippen molar-refractivity contribution in [2.75, 3.05) is 19.1 Å². The van der Waals surface area contributed by atoms with Crippen LogP contribution in [0.25, 0.3) is 11.2 Å². The van der Waals surface area contributed by atoms with E-state index in [1.165, 1.54) is 11.9 Å². The molecule has 1 atom stereocenters. The number of benzene rings is 1. The quantitative estimate of drug-likeness (QED) is 0.718. The Bertz CT molecular complexity index is 798. The third-order valence-electron chi connectivity index (χ3n) is 3.97. The van der Waals surface area contributed by atoms with Crippen LogP contribution in [0.3, 0.4) is 0 Å². The molecule has 0 N–H and O–H groups in total. The normalized spacial score (nSPS) is 12.3. The van der Waals surface area contributed by atoms with Crippen LogP contribution in [0.4, 0.5) is 5.82 Å². The first-order valence-corrected chi connectivity index (χ1v) is 7.59. The highest BCUT2D eigenvalue weighted by molar-refractivity contribution is 5.81. The molecular weight excluding hydrogens is 292 g/mol. The Morgan fingerprint density at radius 3 is 2.61 bits per heavy atom. The molecule has 0 fully saturated rings. The lowest BCUT2D eigenvalue weighted by Gasteiger charge is -2.28. The average molecular weight is 312 g/mol. The number of hydrogen-bond donors (Lipinski definition) is 0. The molecule has 0 saturated heterocycles. The third-order valence-corrected chi connectivity index (χ3v) is 3.97. The second-order valence-corrected chi connectivity index (χ2v) is 5.39. The Morgan fingerprint density at radius 2 is 1.96 bits per heavy atom. The van der Waals surface area contributed by atoms with E-state index < -0.39 is 0 Å². The average Bonchev–Trinajstić information content (AvgIpc) is 2.96. The van der Waals surface area contributed by atoms with Gasteiger partial charge in [-0.1, -0.05) is 19.1 Å². The summed E-state index contributed by atoms with van der Waals surface area (Å²) in [5.41, 5.74) is 2.41. The zero-order valence-corrected chi connectivity index (χ0v) is 13.8. The molecule has 6 nitrogen and oxygen atoms in total. The number of hydrogen-bond acceptors (Lipinski definition) is 6. The van der Waals surface area contributed by atoms with Crippen LogP contribution in [-0.4, -0.2) is 29.1 Å². The first-order chi connectivity index (χ1) is 11.1. The van der Waals surface area contributed by atoms with Gasteiger partial charge in [-0.25, -0.2) is 9.97 Å². The lowest BCUT2D eigenvalue weighted by molar-refractivity contribution is 0.414. The Kier molecular flexibility index (Phi) is 4.14. The van der Waals surface area contributed by atoms with Gasteiger partial charge in [0, 0.05) is 14.0 Å². The molecule has 0 radical (unpaired) electrons. The molecule has 0 aliphatic rings. The van der Waals surface area contributed by atoms with Gasteiger partial charge in [-0.05, 0) is 24.1 Å². The second-order valence-electron chi connectivity index (χ2n) is 5.39. The summed E-state index contributed by atoms with van der Waals surface area (Å²) in [5, 5.41) is 0. The van der Waals surface area contributed by atoms with Crippen molar-refractivity contribution in [1.29, 1.82) is 0 Å². The third kappa shape index (κ3) is 2.84. The Labute approximate surface area is 135 Å². The number of fused-ring (bicyclic) bond motifs is 1. The van der Waals surface area contributed by atoms with Crippen LogP contribution >= 0.6 is 0 Å². The number of aryl methyl sites for hydroxylation is 1. The second kappa shape index (κ2) is 6.24. The molecule has 2 aromatic heterocycles. The highest BCUT2D eigenvalue weighted by Crippen LogP contribution is 2.31. The zero-order valence-electron chi connectivity index (χ0n) is 13.8. The van der Waals surface area contributed by atoms with Crippen molar-refractivity contribution in [3.63, 3.8) is 0 Å². The lowest BCUT2D eigenvalue weighted by atomic mass is 10.0. The van der Waals surface area contributed by atoms with Crippen LogP contribution in [0.2, 0.25) is 0 Å². The molecule has 6 heteroatoms. The van der Waals surface area contributed by atoms with E-state index in [0.717, 1.165) is 18.0 Å². The zero-order chi connectivity index (χ0) is 16.4. The van der Waals surface area contributed by atoms with Crippen molar-refractivity contribution in [1.82, 2.24) is 15.0 Å². The molecule has 2 heterocycles. The van der Waals surface area contributed by atoms with Gasteiger partial charge in [0.1, 0.15) is 12.1 Å². The van der Waals surface area contributed by atoms with Crippen LogP contribution in [0.15, 0.2) is 35.0 Å². The van der Waals surface area contributed by atoms with E-state index in [1.54, 1.807) is 7.11 Å². The van der Waals surface area contributed by atoms with Crippen LogP contribution in [-0.2, 0) is 0 Å². The maximum atomic E-state index is 5.50. The fourth-order valence-corrected chi connectivity index (χ4v) is 2.81. The Balaban J connectivity index is 1.99. The summed E-state index contributed by atoms with van der Waals surface area (Å²) >= 11 is 0. The highest BCUT2D eigenvalue weighted by Gasteiger charge is 2.21. The molecule has 0 saturated carbocycles. The van der Waals surface area contributed by atoms with E-state index in [-0.39, 0.29) is 6.04 Å². The van der Waals surface area contributed by atoms with E-state index in [0.29, 0.717) is 17.1 Å². The predicted molar refractivity (Wildman–Crippen MR) is 88.8 cm³/mol. The Morgan fingerprint density at radius 1 is 1.22 bits per heavy atom. The van der Waals surface area contributed by atoms with Gasteiger partial charge in [0.05, 0.1) is 13.2 Å². The van der Waals surface area contributed by atoms with Crippen molar-refractivity contribution < 1.29 is 9.15 Å². The van der Waals surface area contributed by atoms with E-state index in [9.17, 15) is 0 Å². The first-order valence-electron chi connectivity index (χ1n) is 7.59. The van der Waals surface area contributed by atoms with Crippen molar-refractivity contribution in [2.45, 2.75) is 26.3 Å². The number of oxazole rings is 1. The summed E-state index contributed by atoms with van der Waals surface area (Å²) < 4.78 is 10.7. The number of aromatic nitrogens is 3. The summed E-state index contributed by atoms with van der Waals surface area (Å²) in [6, 6.07) is 8.28. The molecule has 0 bridgehead atoms. The van der Waals surface area contributed by atoms with E-state index in [4.69, 9.17) is 9.15 Å². The standard InChI is InChI=1S/C17H20N4O2/c1-5-14(12-6-8-13(22-4)9-7-12)21(3)16-15-17(19-10-18-16)23-11(2)20-15/h6-10,14H,5H2,1-4H3. The molecule has 1 aromatic carbocycles. The van der Waals surface area contributed by atoms with Gasteiger partial charge in [0.2, 0.25) is 0 Å². The molecule has 3 aromatic rings. The molecule has 0 aliphatic carbocycles. The van der Waals surface area contributed by atoms with Crippen LogP contribution in [0.1, 0.15) is 30.8 Å². The molecule has 23 heavy (non-hydrogen) atoms. The smallest absolute Gasteiger partial charge is 0.252 e. The number of methoxy groups -OCH3 is 1. The van der Waals surface area contributed by atoms with E-state index in [2.05, 4.69) is 38.9 Å². The summed E-state index contributed by atoms with van der Waals surface area (Å²) in [5.74, 6) is 2.21. The number of rotatable bonds is 5. The summed E-state index contributed by atoms with van der Waals surface area (Å²) in [4.78, 5) is 15.1. The molecule has 120 valence electrons. The van der Waals surface area contributed by atoms with Crippen LogP contribution in [0, 0.1) is 6.92 Å². The van der Waals surface area contributed by atoms with Crippen molar-refractivity contribution >= 4 is 17.0 Å². The molecule has 3 rings (SSSR count).